The maximum Gasteiger partial charge on any atom is 0.407 e. The number of aliphatic hydroxyl groups is 1. The molecule has 1 N–H and O–H groups in total. The van der Waals surface area contributed by atoms with Crippen molar-refractivity contribution in [3.63, 3.8) is 0 Å². The number of nitrogens with zero attached hydrogens (tertiary/aromatic N) is 3. The third-order valence-corrected chi connectivity index (χ3v) is 6.44. The number of imide groups is 1. The highest BCUT2D eigenvalue weighted by Gasteiger charge is 2.71. The molecule has 3 heterocycles. The van der Waals surface area contributed by atoms with Crippen LogP contribution in [0, 0.1) is 18.4 Å². The molecule has 1 aromatic rings. The second-order valence-electron chi connectivity index (χ2n) is 9.96. The molecule has 3 aliphatic rings. The van der Waals surface area contributed by atoms with Gasteiger partial charge in [-0.2, -0.15) is 13.2 Å². The molecular formula is C22H24F3N3O4. The van der Waals surface area contributed by atoms with E-state index < -0.39 is 57.9 Å². The molecule has 2 bridgehead atoms. The van der Waals surface area contributed by atoms with Crippen molar-refractivity contribution in [3.05, 3.63) is 35.2 Å². The van der Waals surface area contributed by atoms with Crippen molar-refractivity contribution in [1.29, 1.82) is 0 Å². The van der Waals surface area contributed by atoms with Crippen LogP contribution in [0.2, 0.25) is 0 Å². The quantitative estimate of drug-likeness (QED) is 0.565. The van der Waals surface area contributed by atoms with Gasteiger partial charge in [0.25, 0.3) is 0 Å². The van der Waals surface area contributed by atoms with E-state index in [1.165, 1.54) is 6.07 Å². The van der Waals surface area contributed by atoms with Crippen LogP contribution in [-0.4, -0.2) is 58.3 Å². The number of hydrogen-bond donors (Lipinski definition) is 1. The van der Waals surface area contributed by atoms with Crippen LogP contribution >= 0.6 is 0 Å². The lowest BCUT2D eigenvalue weighted by molar-refractivity contribution is -0.175. The van der Waals surface area contributed by atoms with Crippen molar-refractivity contribution < 1.29 is 32.6 Å². The van der Waals surface area contributed by atoms with Crippen molar-refractivity contribution in [2.45, 2.75) is 50.7 Å². The molecular weight excluding hydrogens is 427 g/mol. The summed E-state index contributed by atoms with van der Waals surface area (Å²) in [7, 11) is 0. The number of alkyl halides is 3. The van der Waals surface area contributed by atoms with E-state index in [1.807, 2.05) is 4.90 Å². The summed E-state index contributed by atoms with van der Waals surface area (Å²) in [5.41, 5.74) is -5.04. The molecule has 4 rings (SSSR count). The van der Waals surface area contributed by atoms with Gasteiger partial charge in [-0.3, -0.25) is 14.5 Å². The summed E-state index contributed by atoms with van der Waals surface area (Å²) in [6, 6.07) is 2.86. The molecule has 0 unspecified atom stereocenters. The summed E-state index contributed by atoms with van der Waals surface area (Å²) in [5, 5.41) is 10.2. The fourth-order valence-electron chi connectivity index (χ4n) is 5.67. The minimum atomic E-state index is -4.80. The largest absolute Gasteiger partial charge is 0.407 e. The predicted octanol–water partition coefficient (Wildman–Crippen LogP) is 3.00. The van der Waals surface area contributed by atoms with Gasteiger partial charge >= 0.3 is 6.18 Å². The summed E-state index contributed by atoms with van der Waals surface area (Å²) in [6.45, 7) is 14.7. The molecule has 0 spiro atoms. The lowest BCUT2D eigenvalue weighted by atomic mass is 9.79. The van der Waals surface area contributed by atoms with Crippen LogP contribution in [0.25, 0.3) is 4.85 Å². The fraction of sp³-hybridized carbons (Fsp3) is 0.591. The van der Waals surface area contributed by atoms with Gasteiger partial charge < -0.3 is 9.84 Å². The first-order chi connectivity index (χ1) is 14.6. The molecule has 10 heteroatoms. The van der Waals surface area contributed by atoms with Crippen molar-refractivity contribution >= 4 is 23.2 Å². The van der Waals surface area contributed by atoms with Gasteiger partial charge in [0.1, 0.15) is 0 Å². The van der Waals surface area contributed by atoms with Gasteiger partial charge in [-0.1, -0.05) is 6.07 Å². The van der Waals surface area contributed by atoms with Crippen LogP contribution in [0.1, 0.15) is 33.3 Å². The Kier molecular flexibility index (Phi) is 4.80. The van der Waals surface area contributed by atoms with Gasteiger partial charge in [-0.05, 0) is 39.8 Å². The molecule has 3 aliphatic heterocycles. The molecule has 1 aromatic carbocycles. The summed E-state index contributed by atoms with van der Waals surface area (Å²) in [4.78, 5) is 32.5. The molecule has 172 valence electrons. The van der Waals surface area contributed by atoms with Crippen molar-refractivity contribution in [1.82, 2.24) is 4.90 Å². The molecule has 4 atom stereocenters. The molecule has 7 nitrogen and oxygen atoms in total. The van der Waals surface area contributed by atoms with E-state index in [0.29, 0.717) is 25.7 Å². The lowest BCUT2D eigenvalue weighted by Crippen LogP contribution is -2.60. The monoisotopic (exact) mass is 451 g/mol. The molecule has 0 aliphatic carbocycles. The Morgan fingerprint density at radius 1 is 1.16 bits per heavy atom. The van der Waals surface area contributed by atoms with Crippen LogP contribution < -0.4 is 4.90 Å². The number of amides is 2. The second kappa shape index (κ2) is 6.76. The number of hydrogen-bond acceptors (Lipinski definition) is 5. The van der Waals surface area contributed by atoms with Crippen LogP contribution in [0.15, 0.2) is 18.2 Å². The van der Waals surface area contributed by atoms with E-state index in [0.717, 1.165) is 11.0 Å². The number of fused-ring (bicyclic) bond motifs is 5. The lowest BCUT2D eigenvalue weighted by Gasteiger charge is -2.46. The first-order valence-electron chi connectivity index (χ1n) is 10.2. The van der Waals surface area contributed by atoms with Gasteiger partial charge in [0.05, 0.1) is 40.8 Å². The van der Waals surface area contributed by atoms with Crippen molar-refractivity contribution in [2.75, 3.05) is 24.5 Å². The number of carbonyl (C=O) groups is 2. The van der Waals surface area contributed by atoms with E-state index >= 15 is 0 Å². The van der Waals surface area contributed by atoms with E-state index in [-0.39, 0.29) is 5.69 Å². The average Bonchev–Trinajstić information content (AvgIpc) is 2.99. The van der Waals surface area contributed by atoms with E-state index in [9.17, 15) is 27.9 Å². The summed E-state index contributed by atoms with van der Waals surface area (Å²) in [6.07, 6.45) is -4.80. The predicted molar refractivity (Wildman–Crippen MR) is 108 cm³/mol. The van der Waals surface area contributed by atoms with Gasteiger partial charge in [-0.25, -0.2) is 9.74 Å². The number of likely N-dealkylation sites (tertiary alicyclic amines) is 1. The van der Waals surface area contributed by atoms with Crippen molar-refractivity contribution in [3.8, 4) is 0 Å². The minimum Gasteiger partial charge on any atom is -0.389 e. The normalized spacial score (nSPS) is 32.9. The summed E-state index contributed by atoms with van der Waals surface area (Å²) < 4.78 is 46.5. The van der Waals surface area contributed by atoms with Crippen LogP contribution in [0.5, 0.6) is 0 Å². The molecule has 3 saturated heterocycles. The number of anilines is 1. The standard InChI is InChI=1S/C22H24F3N3O4/c1-19(2,31)9-27-10-20(3)15-16(21(4,11-27)32-20)18(30)28(17(15)29)12-6-7-14(26-5)13(8-12)22(23,24)25/h6-8,15-16,31H,9-11H2,1-4H3/t15-,16+,20-,21+. The van der Waals surface area contributed by atoms with E-state index in [2.05, 4.69) is 4.85 Å². The molecule has 0 radical (unpaired) electrons. The molecule has 0 saturated carbocycles. The zero-order chi connectivity index (χ0) is 23.9. The van der Waals surface area contributed by atoms with Crippen LogP contribution in [0.4, 0.5) is 24.5 Å². The Labute approximate surface area is 183 Å². The van der Waals surface area contributed by atoms with Gasteiger partial charge in [0, 0.05) is 25.3 Å². The number of rotatable bonds is 3. The first-order valence-corrected chi connectivity index (χ1v) is 10.2. The Bertz CT molecular complexity index is 1010. The molecule has 3 fully saturated rings. The van der Waals surface area contributed by atoms with Crippen LogP contribution in [-0.2, 0) is 20.5 Å². The molecule has 0 aromatic heterocycles. The fourth-order valence-corrected chi connectivity index (χ4v) is 5.67. The highest BCUT2D eigenvalue weighted by molar-refractivity contribution is 6.23. The van der Waals surface area contributed by atoms with Crippen molar-refractivity contribution in [2.24, 2.45) is 11.8 Å². The van der Waals surface area contributed by atoms with Gasteiger partial charge in [0.15, 0.2) is 5.69 Å². The number of benzene rings is 1. The Morgan fingerprint density at radius 3 is 2.12 bits per heavy atom. The first kappa shape index (κ1) is 22.7. The number of halogens is 3. The Balaban J connectivity index is 1.73. The van der Waals surface area contributed by atoms with E-state index in [4.69, 9.17) is 11.3 Å². The third-order valence-electron chi connectivity index (χ3n) is 6.44. The second-order valence-corrected chi connectivity index (χ2v) is 9.96. The van der Waals surface area contributed by atoms with Crippen LogP contribution in [0.3, 0.4) is 0 Å². The zero-order valence-corrected chi connectivity index (χ0v) is 18.2. The highest BCUT2D eigenvalue weighted by atomic mass is 19.4. The maximum atomic E-state index is 13.4. The number of ether oxygens (including phenoxy) is 1. The Morgan fingerprint density at radius 2 is 1.69 bits per heavy atom. The number of β-amino-alcohol motifs (C(OH)–C–C–N with tert-alkyl or cyclic N) is 1. The minimum absolute atomic E-state index is 0.201. The third kappa shape index (κ3) is 3.39. The average molecular weight is 451 g/mol. The Hall–Kier alpha value is -2.48. The number of carbonyl (C=O) groups excluding carboxylic acids is 2. The van der Waals surface area contributed by atoms with E-state index in [1.54, 1.807) is 27.7 Å². The maximum absolute atomic E-state index is 13.4. The summed E-state index contributed by atoms with van der Waals surface area (Å²) >= 11 is 0. The topological polar surface area (TPSA) is 74.4 Å². The molecule has 32 heavy (non-hydrogen) atoms. The van der Waals surface area contributed by atoms with Gasteiger partial charge in [0.2, 0.25) is 11.8 Å². The zero-order valence-electron chi connectivity index (χ0n) is 18.2. The van der Waals surface area contributed by atoms with Gasteiger partial charge in [-0.15, -0.1) is 0 Å². The number of morpholine rings is 1. The highest BCUT2D eigenvalue weighted by Crippen LogP contribution is 2.56. The smallest absolute Gasteiger partial charge is 0.389 e. The summed E-state index contributed by atoms with van der Waals surface area (Å²) in [5.74, 6) is -2.94. The molecule has 2 amide bonds. The SMILES string of the molecule is [C-]#[N+]c1ccc(N2C(=O)[C@@H]3[C@H](C2=O)[C@@]2(C)CN(CC(C)(C)O)C[C@]3(C)O2)cc1C(F)(F)F.